The lowest BCUT2D eigenvalue weighted by Crippen LogP contribution is -2.41. The van der Waals surface area contributed by atoms with Gasteiger partial charge < -0.3 is 25.6 Å². The molecule has 0 spiro atoms. The van der Waals surface area contributed by atoms with Gasteiger partial charge in [-0.3, -0.25) is 19.6 Å². The number of carbonyl (C=O) groups is 4. The van der Waals surface area contributed by atoms with Crippen molar-refractivity contribution >= 4 is 35.4 Å². The Labute approximate surface area is 237 Å². The van der Waals surface area contributed by atoms with Crippen molar-refractivity contribution in [3.05, 3.63) is 58.7 Å². The molecule has 4 heterocycles. The minimum absolute atomic E-state index is 0.00184. The molecule has 2 aliphatic heterocycles. The average Bonchev–Trinajstić information content (AvgIpc) is 3.40. The number of methoxy groups -OCH3 is 1. The third-order valence-corrected chi connectivity index (χ3v) is 7.29. The van der Waals surface area contributed by atoms with Crippen molar-refractivity contribution < 1.29 is 34.1 Å². The molecule has 13 nitrogen and oxygen atoms in total. The van der Waals surface area contributed by atoms with E-state index in [1.165, 1.54) is 37.7 Å². The largest absolute Gasteiger partial charge is 0.478 e. The van der Waals surface area contributed by atoms with Crippen LogP contribution in [0.1, 0.15) is 79.2 Å². The number of aromatic nitrogens is 2. The van der Waals surface area contributed by atoms with Crippen LogP contribution < -0.4 is 10.6 Å². The van der Waals surface area contributed by atoms with Crippen LogP contribution in [0.15, 0.2) is 40.6 Å². The second-order valence-electron chi connectivity index (χ2n) is 10.6. The van der Waals surface area contributed by atoms with Gasteiger partial charge in [-0.2, -0.15) is 0 Å². The number of carbonyl (C=O) groups excluding carboxylic acids is 2. The highest BCUT2D eigenvalue weighted by Crippen LogP contribution is 2.28. The molecule has 4 rings (SSSR count). The molecule has 0 radical (unpaired) electrons. The standard InChI is InChI=1S/C15H19N3O4.C13H15N3O3/c1-8(2)15(3)14(21)17-12(18-15)11-10(13(19)20)5-9(6-16-11)7-22-4;1-7(2)13(3)12(19)15-10(16-13)9-8(11(17)18)5-4-6-14-9/h5-6,8H,7H2,1-4H3,(H,19,20)(H,17,18,21);4-7H,1-3H3,(H,17,18)(H,15,16,19). The number of aromatic carboxylic acids is 2. The van der Waals surface area contributed by atoms with Crippen LogP contribution in [0, 0.1) is 11.8 Å². The zero-order valence-electron chi connectivity index (χ0n) is 24.0. The lowest BCUT2D eigenvalue weighted by Gasteiger charge is -2.21. The van der Waals surface area contributed by atoms with Gasteiger partial charge in [0.2, 0.25) is 0 Å². The van der Waals surface area contributed by atoms with E-state index in [0.29, 0.717) is 5.56 Å². The van der Waals surface area contributed by atoms with E-state index < -0.39 is 23.0 Å². The molecule has 0 aromatic carbocycles. The number of carboxylic acid groups (broad SMARTS) is 2. The molecule has 0 saturated heterocycles. The van der Waals surface area contributed by atoms with Gasteiger partial charge in [0.15, 0.2) is 11.7 Å². The summed E-state index contributed by atoms with van der Waals surface area (Å²) in [5.74, 6) is -2.32. The summed E-state index contributed by atoms with van der Waals surface area (Å²) in [6.07, 6.45) is 2.99. The lowest BCUT2D eigenvalue weighted by atomic mass is 9.89. The molecule has 2 unspecified atom stereocenters. The molecule has 13 heteroatoms. The van der Waals surface area contributed by atoms with Crippen molar-refractivity contribution in [2.75, 3.05) is 7.11 Å². The zero-order valence-corrected chi connectivity index (χ0v) is 24.0. The van der Waals surface area contributed by atoms with Crippen LogP contribution in [-0.4, -0.2) is 73.8 Å². The SMILES string of the molecule is CC(C)C1(C)N=C(c2ncccc2C(=O)O)NC1=O.COCc1cnc(C2=NC(C)(C(C)C)C(=O)N2)c(C(=O)O)c1. The Bertz CT molecular complexity index is 1450. The predicted octanol–water partition coefficient (Wildman–Crippen LogP) is 2.29. The number of hydrogen-bond acceptors (Lipinski definition) is 9. The van der Waals surface area contributed by atoms with Gasteiger partial charge in [-0.15, -0.1) is 0 Å². The minimum atomic E-state index is -1.13. The highest BCUT2D eigenvalue weighted by atomic mass is 16.5. The monoisotopic (exact) mass is 566 g/mol. The van der Waals surface area contributed by atoms with Crippen LogP contribution in [0.4, 0.5) is 0 Å². The first-order valence-corrected chi connectivity index (χ1v) is 12.9. The molecule has 2 atom stereocenters. The quantitative estimate of drug-likeness (QED) is 0.371. The van der Waals surface area contributed by atoms with Gasteiger partial charge in [0.05, 0.1) is 17.7 Å². The number of hydrogen-bond donors (Lipinski definition) is 4. The second kappa shape index (κ2) is 11.9. The highest BCUT2D eigenvalue weighted by Gasteiger charge is 2.44. The molecule has 0 fully saturated rings. The molecule has 218 valence electrons. The van der Waals surface area contributed by atoms with Crippen LogP contribution in [0.3, 0.4) is 0 Å². The number of ether oxygens (including phenoxy) is 1. The number of nitrogens with zero attached hydrogens (tertiary/aromatic N) is 4. The van der Waals surface area contributed by atoms with E-state index in [2.05, 4.69) is 30.6 Å². The maximum Gasteiger partial charge on any atom is 0.338 e. The van der Waals surface area contributed by atoms with E-state index in [9.17, 15) is 24.3 Å². The third kappa shape index (κ3) is 6.14. The van der Waals surface area contributed by atoms with Crippen LogP contribution in [0.2, 0.25) is 0 Å². The van der Waals surface area contributed by atoms with E-state index >= 15 is 0 Å². The molecule has 2 aliphatic rings. The van der Waals surface area contributed by atoms with Crippen molar-refractivity contribution in [2.45, 2.75) is 59.2 Å². The fourth-order valence-electron chi connectivity index (χ4n) is 3.97. The Hall–Kier alpha value is -4.52. The second-order valence-corrected chi connectivity index (χ2v) is 10.6. The average molecular weight is 567 g/mol. The van der Waals surface area contributed by atoms with E-state index in [4.69, 9.17) is 9.84 Å². The Morgan fingerprint density at radius 2 is 1.37 bits per heavy atom. The van der Waals surface area contributed by atoms with Gasteiger partial charge in [0.1, 0.15) is 22.5 Å². The molecular formula is C28H34N6O7. The molecule has 2 aromatic rings. The third-order valence-electron chi connectivity index (χ3n) is 7.29. The number of amidine groups is 2. The number of rotatable bonds is 8. The van der Waals surface area contributed by atoms with Gasteiger partial charge in [-0.25, -0.2) is 19.6 Å². The van der Waals surface area contributed by atoms with E-state index in [1.54, 1.807) is 13.8 Å². The Balaban J connectivity index is 0.000000228. The first-order valence-electron chi connectivity index (χ1n) is 12.9. The zero-order chi connectivity index (χ0) is 30.7. The van der Waals surface area contributed by atoms with Crippen LogP contribution >= 0.6 is 0 Å². The van der Waals surface area contributed by atoms with E-state index in [-0.39, 0.29) is 64.4 Å². The summed E-state index contributed by atoms with van der Waals surface area (Å²) >= 11 is 0. The summed E-state index contributed by atoms with van der Waals surface area (Å²) < 4.78 is 4.98. The minimum Gasteiger partial charge on any atom is -0.478 e. The molecule has 0 bridgehead atoms. The summed E-state index contributed by atoms with van der Waals surface area (Å²) in [6, 6.07) is 4.45. The molecule has 0 aliphatic carbocycles. The van der Waals surface area contributed by atoms with Crippen molar-refractivity contribution in [3.8, 4) is 0 Å². The molecule has 2 amide bonds. The predicted molar refractivity (Wildman–Crippen MR) is 149 cm³/mol. The van der Waals surface area contributed by atoms with Gasteiger partial charge in [-0.05, 0) is 49.4 Å². The van der Waals surface area contributed by atoms with Gasteiger partial charge in [0, 0.05) is 19.5 Å². The number of carboxylic acids is 2. The normalized spacial score (nSPS) is 21.6. The Morgan fingerprint density at radius 3 is 1.78 bits per heavy atom. The number of amides is 2. The van der Waals surface area contributed by atoms with Crippen molar-refractivity contribution in [1.82, 2.24) is 20.6 Å². The van der Waals surface area contributed by atoms with Crippen molar-refractivity contribution in [3.63, 3.8) is 0 Å². The fraction of sp³-hybridized carbons (Fsp3) is 0.429. The van der Waals surface area contributed by atoms with Gasteiger partial charge in [-0.1, -0.05) is 27.7 Å². The summed E-state index contributed by atoms with van der Waals surface area (Å²) in [5.41, 5.74) is -0.810. The maximum absolute atomic E-state index is 12.2. The lowest BCUT2D eigenvalue weighted by molar-refractivity contribution is -0.125. The maximum atomic E-state index is 12.2. The summed E-state index contributed by atoms with van der Waals surface area (Å²) in [5, 5.41) is 23.8. The van der Waals surface area contributed by atoms with Gasteiger partial charge in [0.25, 0.3) is 11.8 Å². The summed E-state index contributed by atoms with van der Waals surface area (Å²) in [7, 11) is 1.52. The number of pyridine rings is 2. The first-order chi connectivity index (χ1) is 19.1. The topological polar surface area (TPSA) is 193 Å². The first kappa shape index (κ1) is 31.0. The van der Waals surface area contributed by atoms with Crippen molar-refractivity contribution in [1.29, 1.82) is 0 Å². The number of nitrogens with one attached hydrogen (secondary N) is 2. The summed E-state index contributed by atoms with van der Waals surface area (Å²) in [6.45, 7) is 11.3. The molecule has 2 aromatic heterocycles. The Morgan fingerprint density at radius 1 is 0.878 bits per heavy atom. The number of aliphatic imine (C=N–C) groups is 2. The van der Waals surface area contributed by atoms with Crippen molar-refractivity contribution in [2.24, 2.45) is 21.8 Å². The van der Waals surface area contributed by atoms with Gasteiger partial charge >= 0.3 is 11.9 Å². The smallest absolute Gasteiger partial charge is 0.338 e. The Kier molecular flexibility index (Phi) is 9.02. The van der Waals surface area contributed by atoms with Crippen LogP contribution in [0.5, 0.6) is 0 Å². The van der Waals surface area contributed by atoms with Crippen LogP contribution in [-0.2, 0) is 20.9 Å². The van der Waals surface area contributed by atoms with E-state index in [1.807, 2.05) is 27.7 Å². The van der Waals surface area contributed by atoms with Crippen LogP contribution in [0.25, 0.3) is 0 Å². The van der Waals surface area contributed by atoms with E-state index in [0.717, 1.165) is 0 Å². The summed E-state index contributed by atoms with van der Waals surface area (Å²) in [4.78, 5) is 63.7. The fourth-order valence-corrected chi connectivity index (χ4v) is 3.97. The highest BCUT2D eigenvalue weighted by molar-refractivity contribution is 6.18. The molecule has 4 N–H and O–H groups in total. The molecular weight excluding hydrogens is 532 g/mol. The molecule has 0 saturated carbocycles. The molecule has 41 heavy (non-hydrogen) atoms.